The molecule has 0 unspecified atom stereocenters. The van der Waals surface area contributed by atoms with Crippen molar-refractivity contribution in [2.75, 3.05) is 19.7 Å². The summed E-state index contributed by atoms with van der Waals surface area (Å²) in [7, 11) is 0. The second-order valence-corrected chi connectivity index (χ2v) is 4.52. The maximum atomic E-state index is 12.1. The van der Waals surface area contributed by atoms with E-state index in [-0.39, 0.29) is 25.0 Å². The lowest BCUT2D eigenvalue weighted by atomic mass is 10.0. The van der Waals surface area contributed by atoms with Crippen molar-refractivity contribution >= 4 is 11.8 Å². The largest absolute Gasteiger partial charge is 0.384 e. The second-order valence-electron chi connectivity index (χ2n) is 4.52. The van der Waals surface area contributed by atoms with Gasteiger partial charge in [0.15, 0.2) is 0 Å². The number of aliphatic hydroxyl groups is 1. The van der Waals surface area contributed by atoms with Gasteiger partial charge in [0.05, 0.1) is 6.54 Å². The molecule has 5 nitrogen and oxygen atoms in total. The molecule has 1 aromatic carbocycles. The summed E-state index contributed by atoms with van der Waals surface area (Å²) in [5.74, 6) is 4.76. The van der Waals surface area contributed by atoms with Gasteiger partial charge in [0, 0.05) is 17.7 Å². The summed E-state index contributed by atoms with van der Waals surface area (Å²) in [4.78, 5) is 23.5. The Hall–Kier alpha value is -2.32. The van der Waals surface area contributed by atoms with Crippen molar-refractivity contribution < 1.29 is 14.7 Å². The van der Waals surface area contributed by atoms with Crippen LogP contribution in [0.1, 0.15) is 34.8 Å². The van der Waals surface area contributed by atoms with Crippen molar-refractivity contribution in [3.8, 4) is 11.8 Å². The molecule has 0 aliphatic heterocycles. The lowest BCUT2D eigenvalue weighted by molar-refractivity contribution is -0.120. The molecule has 112 valence electrons. The number of hydrogen-bond acceptors (Lipinski definition) is 3. The summed E-state index contributed by atoms with van der Waals surface area (Å²) < 4.78 is 0. The van der Waals surface area contributed by atoms with Gasteiger partial charge in [-0.3, -0.25) is 9.59 Å². The van der Waals surface area contributed by atoms with E-state index in [0.717, 1.165) is 12.0 Å². The van der Waals surface area contributed by atoms with Crippen molar-refractivity contribution in [3.63, 3.8) is 0 Å². The molecule has 1 rings (SSSR count). The molecule has 5 heteroatoms. The number of rotatable bonds is 5. The number of nitrogens with one attached hydrogen (secondary N) is 2. The zero-order valence-corrected chi connectivity index (χ0v) is 12.3. The van der Waals surface area contributed by atoms with Gasteiger partial charge < -0.3 is 15.7 Å². The molecule has 0 saturated carbocycles. The molecule has 0 bridgehead atoms. The molecule has 3 N–H and O–H groups in total. The molecule has 2 amide bonds. The highest BCUT2D eigenvalue weighted by molar-refractivity contribution is 5.98. The number of aryl methyl sites for hydroxylation is 1. The highest BCUT2D eigenvalue weighted by Gasteiger charge is 2.10. The SMILES string of the molecule is CCCNC(=O)CNC(=O)c1cc(C#CCO)ccc1C. The standard InChI is InChI=1S/C16H20N2O3/c1-3-8-17-15(20)11-18-16(21)14-10-13(5-4-9-19)7-6-12(14)2/h6-7,10,19H,3,8-9,11H2,1-2H3,(H,17,20)(H,18,21). The highest BCUT2D eigenvalue weighted by Crippen LogP contribution is 2.10. The van der Waals surface area contributed by atoms with Crippen molar-refractivity contribution in [2.45, 2.75) is 20.3 Å². The van der Waals surface area contributed by atoms with Gasteiger partial charge in [-0.2, -0.15) is 0 Å². The van der Waals surface area contributed by atoms with Crippen LogP contribution in [-0.4, -0.2) is 36.6 Å². The summed E-state index contributed by atoms with van der Waals surface area (Å²) in [5, 5.41) is 14.0. The summed E-state index contributed by atoms with van der Waals surface area (Å²) in [6.07, 6.45) is 0.852. The first-order chi connectivity index (χ1) is 10.1. The summed E-state index contributed by atoms with van der Waals surface area (Å²) in [5.41, 5.74) is 1.93. The van der Waals surface area contributed by atoms with E-state index in [0.29, 0.717) is 17.7 Å². The van der Waals surface area contributed by atoms with Crippen LogP contribution in [0.5, 0.6) is 0 Å². The lowest BCUT2D eigenvalue weighted by Crippen LogP contribution is -2.37. The van der Waals surface area contributed by atoms with Gasteiger partial charge in [-0.25, -0.2) is 0 Å². The van der Waals surface area contributed by atoms with E-state index in [2.05, 4.69) is 22.5 Å². The number of aliphatic hydroxyl groups excluding tert-OH is 1. The van der Waals surface area contributed by atoms with Crippen LogP contribution in [0.25, 0.3) is 0 Å². The molecule has 1 aromatic rings. The number of amides is 2. The van der Waals surface area contributed by atoms with E-state index >= 15 is 0 Å². The molecule has 0 saturated heterocycles. The van der Waals surface area contributed by atoms with E-state index < -0.39 is 0 Å². The van der Waals surface area contributed by atoms with Gasteiger partial charge >= 0.3 is 0 Å². The van der Waals surface area contributed by atoms with E-state index in [9.17, 15) is 9.59 Å². The Kier molecular flexibility index (Phi) is 6.99. The molecule has 0 fully saturated rings. The Balaban J connectivity index is 2.71. The molecule has 0 atom stereocenters. The molecule has 0 aliphatic rings. The number of benzene rings is 1. The second kappa shape index (κ2) is 8.77. The monoisotopic (exact) mass is 288 g/mol. The molecule has 0 spiro atoms. The van der Waals surface area contributed by atoms with Gasteiger partial charge in [-0.05, 0) is 31.0 Å². The zero-order chi connectivity index (χ0) is 15.7. The Morgan fingerprint density at radius 1 is 1.29 bits per heavy atom. The summed E-state index contributed by atoms with van der Waals surface area (Å²) >= 11 is 0. The predicted octanol–water partition coefficient (Wildman–Crippen LogP) is 0.595. The zero-order valence-electron chi connectivity index (χ0n) is 12.3. The van der Waals surface area contributed by atoms with Crippen LogP contribution < -0.4 is 10.6 Å². The topological polar surface area (TPSA) is 78.4 Å². The molecule has 0 radical (unpaired) electrons. The Morgan fingerprint density at radius 3 is 2.71 bits per heavy atom. The first-order valence-electron chi connectivity index (χ1n) is 6.83. The van der Waals surface area contributed by atoms with Gasteiger partial charge in [0.2, 0.25) is 5.91 Å². The minimum Gasteiger partial charge on any atom is -0.384 e. The Labute approximate surface area is 124 Å². The van der Waals surface area contributed by atoms with E-state index in [1.54, 1.807) is 18.2 Å². The van der Waals surface area contributed by atoms with Crippen LogP contribution in [0.2, 0.25) is 0 Å². The molecule has 21 heavy (non-hydrogen) atoms. The predicted molar refractivity (Wildman–Crippen MR) is 80.8 cm³/mol. The Morgan fingerprint density at radius 2 is 2.05 bits per heavy atom. The first-order valence-corrected chi connectivity index (χ1v) is 6.83. The van der Waals surface area contributed by atoms with Crippen LogP contribution in [0.4, 0.5) is 0 Å². The van der Waals surface area contributed by atoms with Crippen LogP contribution in [-0.2, 0) is 4.79 Å². The van der Waals surface area contributed by atoms with Crippen LogP contribution in [0.3, 0.4) is 0 Å². The summed E-state index contributed by atoms with van der Waals surface area (Å²) in [6.45, 7) is 4.09. The maximum Gasteiger partial charge on any atom is 0.252 e. The van der Waals surface area contributed by atoms with Crippen molar-refractivity contribution in [1.29, 1.82) is 0 Å². The highest BCUT2D eigenvalue weighted by atomic mass is 16.2. The lowest BCUT2D eigenvalue weighted by Gasteiger charge is -2.08. The van der Waals surface area contributed by atoms with Gasteiger partial charge in [0.1, 0.15) is 6.61 Å². The van der Waals surface area contributed by atoms with Crippen LogP contribution >= 0.6 is 0 Å². The minimum absolute atomic E-state index is 0.0508. The number of carbonyl (C=O) groups is 2. The van der Waals surface area contributed by atoms with Crippen molar-refractivity contribution in [1.82, 2.24) is 10.6 Å². The number of carbonyl (C=O) groups excluding carboxylic acids is 2. The van der Waals surface area contributed by atoms with Crippen molar-refractivity contribution in [3.05, 3.63) is 34.9 Å². The van der Waals surface area contributed by atoms with Crippen molar-refractivity contribution in [2.24, 2.45) is 0 Å². The molecular weight excluding hydrogens is 268 g/mol. The fourth-order valence-corrected chi connectivity index (χ4v) is 1.67. The summed E-state index contributed by atoms with van der Waals surface area (Å²) in [6, 6.07) is 5.22. The van der Waals surface area contributed by atoms with Crippen LogP contribution in [0, 0.1) is 18.8 Å². The van der Waals surface area contributed by atoms with Crippen LogP contribution in [0.15, 0.2) is 18.2 Å². The van der Waals surface area contributed by atoms with E-state index in [4.69, 9.17) is 5.11 Å². The third kappa shape index (κ3) is 5.67. The van der Waals surface area contributed by atoms with E-state index in [1.165, 1.54) is 0 Å². The third-order valence-electron chi connectivity index (χ3n) is 2.78. The van der Waals surface area contributed by atoms with Gasteiger partial charge in [-0.15, -0.1) is 0 Å². The molecule has 0 aliphatic carbocycles. The van der Waals surface area contributed by atoms with Gasteiger partial charge in [0.25, 0.3) is 5.91 Å². The molecular formula is C16H20N2O3. The van der Waals surface area contributed by atoms with E-state index in [1.807, 2.05) is 13.8 Å². The maximum absolute atomic E-state index is 12.1. The fraction of sp³-hybridized carbons (Fsp3) is 0.375. The minimum atomic E-state index is -0.313. The normalized spacial score (nSPS) is 9.48. The third-order valence-corrected chi connectivity index (χ3v) is 2.78. The average molecular weight is 288 g/mol. The first kappa shape index (κ1) is 16.7. The average Bonchev–Trinajstić information content (AvgIpc) is 2.49. The quantitative estimate of drug-likeness (QED) is 0.694. The molecule has 0 aromatic heterocycles. The van der Waals surface area contributed by atoms with Gasteiger partial charge in [-0.1, -0.05) is 24.8 Å². The molecule has 0 heterocycles. The smallest absolute Gasteiger partial charge is 0.252 e. The fourth-order valence-electron chi connectivity index (χ4n) is 1.67. The number of hydrogen-bond donors (Lipinski definition) is 3. The Bertz CT molecular complexity index is 571.